The largest absolute Gasteiger partial charge is 0.366 e. The summed E-state index contributed by atoms with van der Waals surface area (Å²) in [6.07, 6.45) is 5.79. The predicted molar refractivity (Wildman–Crippen MR) is 71.1 cm³/mol. The molecule has 2 rings (SSSR count). The van der Waals surface area contributed by atoms with Crippen LogP contribution in [-0.4, -0.2) is 16.0 Å². The van der Waals surface area contributed by atoms with Crippen LogP contribution in [0.25, 0.3) is 0 Å². The zero-order valence-electron chi connectivity index (χ0n) is 11.3. The summed E-state index contributed by atoms with van der Waals surface area (Å²) in [5, 5.41) is 3.56. The molecule has 1 aromatic heterocycles. The normalized spacial score (nSPS) is 29.1. The maximum atomic E-state index is 4.55. The van der Waals surface area contributed by atoms with Crippen molar-refractivity contribution in [3.63, 3.8) is 0 Å². The van der Waals surface area contributed by atoms with E-state index in [1.807, 2.05) is 20.0 Å². The van der Waals surface area contributed by atoms with Gasteiger partial charge in [-0.3, -0.25) is 4.98 Å². The highest BCUT2D eigenvalue weighted by Gasteiger charge is 2.27. The Balaban J connectivity index is 2.07. The van der Waals surface area contributed by atoms with Gasteiger partial charge < -0.3 is 5.32 Å². The standard InChI is InChI=1S/C14H23N3/c1-9-6-5-7-13(10(9)2)17-14-8-15-11(3)12(4)16-14/h8-10,13H,5-7H2,1-4H3,(H,16,17). The van der Waals surface area contributed by atoms with Crippen LogP contribution in [0.4, 0.5) is 5.82 Å². The van der Waals surface area contributed by atoms with Crippen molar-refractivity contribution in [1.82, 2.24) is 9.97 Å². The average Bonchev–Trinajstić information content (AvgIpc) is 2.30. The van der Waals surface area contributed by atoms with E-state index in [4.69, 9.17) is 0 Å². The minimum Gasteiger partial charge on any atom is -0.366 e. The van der Waals surface area contributed by atoms with Gasteiger partial charge in [-0.1, -0.05) is 26.7 Å². The molecule has 1 aromatic rings. The van der Waals surface area contributed by atoms with Gasteiger partial charge >= 0.3 is 0 Å². The van der Waals surface area contributed by atoms with Crippen LogP contribution in [0.3, 0.4) is 0 Å². The van der Waals surface area contributed by atoms with Crippen LogP contribution in [0.15, 0.2) is 6.20 Å². The van der Waals surface area contributed by atoms with Crippen LogP contribution >= 0.6 is 0 Å². The molecule has 0 aromatic carbocycles. The van der Waals surface area contributed by atoms with Crippen molar-refractivity contribution in [2.45, 2.75) is 53.0 Å². The molecule has 0 spiro atoms. The predicted octanol–water partition coefficient (Wildman–Crippen LogP) is 3.33. The van der Waals surface area contributed by atoms with E-state index in [1.165, 1.54) is 19.3 Å². The molecule has 1 N–H and O–H groups in total. The molecule has 1 aliphatic carbocycles. The van der Waals surface area contributed by atoms with Gasteiger partial charge in [0.15, 0.2) is 0 Å². The molecule has 1 fully saturated rings. The highest BCUT2D eigenvalue weighted by molar-refractivity contribution is 5.35. The molecule has 17 heavy (non-hydrogen) atoms. The van der Waals surface area contributed by atoms with Crippen molar-refractivity contribution < 1.29 is 0 Å². The lowest BCUT2D eigenvalue weighted by Crippen LogP contribution is -2.35. The second-order valence-corrected chi connectivity index (χ2v) is 5.44. The summed E-state index contributed by atoms with van der Waals surface area (Å²) in [4.78, 5) is 8.92. The third-order valence-corrected chi connectivity index (χ3v) is 4.23. The molecular formula is C14H23N3. The Kier molecular flexibility index (Phi) is 3.65. The Morgan fingerprint density at radius 2 is 1.94 bits per heavy atom. The topological polar surface area (TPSA) is 37.8 Å². The van der Waals surface area contributed by atoms with Gasteiger partial charge in [0.1, 0.15) is 5.82 Å². The van der Waals surface area contributed by atoms with Gasteiger partial charge in [0.05, 0.1) is 17.6 Å². The lowest BCUT2D eigenvalue weighted by Gasteiger charge is -2.34. The Morgan fingerprint density at radius 3 is 2.65 bits per heavy atom. The summed E-state index contributed by atoms with van der Waals surface area (Å²) in [6.45, 7) is 8.71. The summed E-state index contributed by atoms with van der Waals surface area (Å²) in [5.41, 5.74) is 2.03. The third-order valence-electron chi connectivity index (χ3n) is 4.23. The minimum atomic E-state index is 0.551. The van der Waals surface area contributed by atoms with E-state index in [-0.39, 0.29) is 0 Å². The number of hydrogen-bond donors (Lipinski definition) is 1. The van der Waals surface area contributed by atoms with Crippen molar-refractivity contribution in [3.05, 3.63) is 17.6 Å². The van der Waals surface area contributed by atoms with Crippen molar-refractivity contribution in [2.75, 3.05) is 5.32 Å². The lowest BCUT2D eigenvalue weighted by atomic mass is 9.78. The minimum absolute atomic E-state index is 0.551. The lowest BCUT2D eigenvalue weighted by molar-refractivity contribution is 0.253. The molecule has 94 valence electrons. The molecule has 0 aliphatic heterocycles. The van der Waals surface area contributed by atoms with Crippen LogP contribution in [-0.2, 0) is 0 Å². The van der Waals surface area contributed by atoms with E-state index < -0.39 is 0 Å². The highest BCUT2D eigenvalue weighted by Crippen LogP contribution is 2.31. The number of aromatic nitrogens is 2. The third kappa shape index (κ3) is 2.76. The quantitative estimate of drug-likeness (QED) is 0.851. The molecule has 0 saturated heterocycles. The van der Waals surface area contributed by atoms with Crippen molar-refractivity contribution in [2.24, 2.45) is 11.8 Å². The van der Waals surface area contributed by atoms with E-state index in [0.717, 1.165) is 23.1 Å². The number of aryl methyl sites for hydroxylation is 2. The smallest absolute Gasteiger partial charge is 0.145 e. The Morgan fingerprint density at radius 1 is 1.18 bits per heavy atom. The van der Waals surface area contributed by atoms with Crippen LogP contribution in [0.5, 0.6) is 0 Å². The zero-order valence-corrected chi connectivity index (χ0v) is 11.3. The molecule has 0 amide bonds. The molecule has 1 heterocycles. The van der Waals surface area contributed by atoms with Gasteiger partial charge in [0.2, 0.25) is 0 Å². The molecule has 1 aliphatic rings. The second-order valence-electron chi connectivity index (χ2n) is 5.44. The van der Waals surface area contributed by atoms with Crippen LogP contribution < -0.4 is 5.32 Å². The first-order valence-corrected chi connectivity index (χ1v) is 6.64. The average molecular weight is 233 g/mol. The number of anilines is 1. The number of rotatable bonds is 2. The molecule has 3 heteroatoms. The SMILES string of the molecule is Cc1ncc(NC2CCCC(C)C2C)nc1C. The number of nitrogens with zero attached hydrogens (tertiary/aromatic N) is 2. The number of hydrogen-bond acceptors (Lipinski definition) is 3. The van der Waals surface area contributed by atoms with Crippen molar-refractivity contribution in [1.29, 1.82) is 0 Å². The van der Waals surface area contributed by atoms with Crippen LogP contribution in [0, 0.1) is 25.7 Å². The Labute approximate surface area is 104 Å². The fourth-order valence-corrected chi connectivity index (χ4v) is 2.59. The van der Waals surface area contributed by atoms with E-state index in [9.17, 15) is 0 Å². The van der Waals surface area contributed by atoms with Gasteiger partial charge in [-0.05, 0) is 32.1 Å². The van der Waals surface area contributed by atoms with Gasteiger partial charge in [-0.25, -0.2) is 4.98 Å². The number of nitrogens with one attached hydrogen (secondary N) is 1. The summed E-state index contributed by atoms with van der Waals surface area (Å²) in [7, 11) is 0. The molecule has 3 nitrogen and oxygen atoms in total. The fraction of sp³-hybridized carbons (Fsp3) is 0.714. The maximum absolute atomic E-state index is 4.55. The molecule has 1 saturated carbocycles. The monoisotopic (exact) mass is 233 g/mol. The maximum Gasteiger partial charge on any atom is 0.145 e. The van der Waals surface area contributed by atoms with E-state index >= 15 is 0 Å². The molecule has 0 radical (unpaired) electrons. The van der Waals surface area contributed by atoms with Gasteiger partial charge in [-0.15, -0.1) is 0 Å². The van der Waals surface area contributed by atoms with Crippen LogP contribution in [0.2, 0.25) is 0 Å². The summed E-state index contributed by atoms with van der Waals surface area (Å²) < 4.78 is 0. The second kappa shape index (κ2) is 5.03. The van der Waals surface area contributed by atoms with Gasteiger partial charge in [0.25, 0.3) is 0 Å². The van der Waals surface area contributed by atoms with Crippen molar-refractivity contribution >= 4 is 5.82 Å². The highest BCUT2D eigenvalue weighted by atomic mass is 15.0. The Hall–Kier alpha value is -1.12. The first-order valence-electron chi connectivity index (χ1n) is 6.64. The Bertz CT molecular complexity index is 389. The first-order chi connectivity index (χ1) is 8.08. The van der Waals surface area contributed by atoms with E-state index in [0.29, 0.717) is 12.0 Å². The molecular weight excluding hydrogens is 210 g/mol. The summed E-state index contributed by atoms with van der Waals surface area (Å²) in [5.74, 6) is 2.45. The van der Waals surface area contributed by atoms with E-state index in [2.05, 4.69) is 29.1 Å². The molecule has 3 atom stereocenters. The zero-order chi connectivity index (χ0) is 12.4. The molecule has 3 unspecified atom stereocenters. The fourth-order valence-electron chi connectivity index (χ4n) is 2.59. The van der Waals surface area contributed by atoms with E-state index in [1.54, 1.807) is 0 Å². The first kappa shape index (κ1) is 12.3. The summed E-state index contributed by atoms with van der Waals surface area (Å²) >= 11 is 0. The van der Waals surface area contributed by atoms with Crippen molar-refractivity contribution in [3.8, 4) is 0 Å². The van der Waals surface area contributed by atoms with Crippen LogP contribution in [0.1, 0.15) is 44.5 Å². The van der Waals surface area contributed by atoms with Gasteiger partial charge in [-0.2, -0.15) is 0 Å². The van der Waals surface area contributed by atoms with Gasteiger partial charge in [0, 0.05) is 6.04 Å². The molecule has 0 bridgehead atoms. The summed E-state index contributed by atoms with van der Waals surface area (Å²) in [6, 6.07) is 0.551.